The summed E-state index contributed by atoms with van der Waals surface area (Å²) in [6.45, 7) is 6.93. The number of phenolic OH excluding ortho intramolecular Hbond substituents is 2. The first kappa shape index (κ1) is 64.5. The monoisotopic (exact) mass is 1200 g/mol. The Bertz CT molecular complexity index is 3550. The molecule has 1 aliphatic rings. The van der Waals surface area contributed by atoms with Gasteiger partial charge in [-0.2, -0.15) is 0 Å². The molecule has 16 nitrogen and oxygen atoms in total. The number of hydrogen-bond acceptors (Lipinski definition) is 12. The zero-order chi connectivity index (χ0) is 61.0. The number of halogens is 1. The normalized spacial score (nSPS) is 13.2. The van der Waals surface area contributed by atoms with E-state index in [1.54, 1.807) is 67.8 Å². The standard InChI is InChI=1S/C34H36N2O6.C33H43ClN2O6S/c1-21-9-7-13-27-26(21)12-8-14-31(27)42-33(23-10-5-4-6-11-23)34(39)36-29-19-30(38)28(35-22(2)37)20-32(29)41-25-17-15-24(40-3)16-18-25;1-4-5-6-7-8-9-10-11-12-13-18-31(33(39)36-27-22-29(38)28(21-26(27)34)35-23(2)37)42-30-19-14-17-25-24(30)16-15-20-32(25)43(3,40)41/h7-9,12-20,23,33,38H,4-6,10-11H2,1-3H3,(H,35,37)(H,36,39);14-17,19-22,31,38H,4-13,18H2,1-3H3,(H,35,37)(H,36,39). The first-order chi connectivity index (χ1) is 40.8. The van der Waals surface area contributed by atoms with Crippen molar-refractivity contribution in [3.63, 3.8) is 0 Å². The molecule has 1 aliphatic carbocycles. The Labute approximate surface area is 503 Å². The summed E-state index contributed by atoms with van der Waals surface area (Å²) in [5.74, 6) is 0.496. The third-order valence-electron chi connectivity index (χ3n) is 14.9. The number of ether oxygens (including phenoxy) is 4. The summed E-state index contributed by atoms with van der Waals surface area (Å²) in [5, 5.41) is 35.1. The number of amides is 4. The van der Waals surface area contributed by atoms with Crippen LogP contribution < -0.4 is 40.2 Å². The minimum absolute atomic E-state index is 0.0250. The Morgan fingerprint density at radius 2 is 1.09 bits per heavy atom. The molecule has 4 amide bonds. The Morgan fingerprint density at radius 3 is 1.71 bits per heavy atom. The average molecular weight is 1200 g/mol. The van der Waals surface area contributed by atoms with Crippen LogP contribution in [-0.4, -0.2) is 67.8 Å². The topological polar surface area (TPSA) is 228 Å². The van der Waals surface area contributed by atoms with Gasteiger partial charge in [-0.05, 0) is 92.1 Å². The lowest BCUT2D eigenvalue weighted by molar-refractivity contribution is -0.125. The number of unbranched alkanes of at least 4 members (excludes halogenated alkanes) is 9. The summed E-state index contributed by atoms with van der Waals surface area (Å²) < 4.78 is 49.0. The fourth-order valence-corrected chi connectivity index (χ4v) is 11.7. The average Bonchev–Trinajstić information content (AvgIpc) is 2.92. The van der Waals surface area contributed by atoms with Gasteiger partial charge < -0.3 is 50.4 Å². The Morgan fingerprint density at radius 1 is 0.576 bits per heavy atom. The highest BCUT2D eigenvalue weighted by atomic mass is 35.5. The van der Waals surface area contributed by atoms with Gasteiger partial charge in [0.1, 0.15) is 34.5 Å². The van der Waals surface area contributed by atoms with Crippen LogP contribution in [-0.2, 0) is 29.0 Å². The molecule has 7 aromatic carbocycles. The lowest BCUT2D eigenvalue weighted by Crippen LogP contribution is -2.40. The summed E-state index contributed by atoms with van der Waals surface area (Å²) in [4.78, 5) is 50.9. The van der Waals surface area contributed by atoms with Crippen molar-refractivity contribution in [3.05, 3.63) is 132 Å². The molecule has 0 radical (unpaired) electrons. The third-order valence-corrected chi connectivity index (χ3v) is 16.4. The van der Waals surface area contributed by atoms with E-state index >= 15 is 0 Å². The second-order valence-corrected chi connectivity index (χ2v) is 24.0. The van der Waals surface area contributed by atoms with Crippen molar-refractivity contribution in [3.8, 4) is 40.2 Å². The minimum atomic E-state index is -3.48. The summed E-state index contributed by atoms with van der Waals surface area (Å²) >= 11 is 6.37. The number of rotatable bonds is 26. The molecule has 0 spiro atoms. The lowest BCUT2D eigenvalue weighted by Gasteiger charge is -2.30. The number of aryl methyl sites for hydroxylation is 1. The molecule has 1 fully saturated rings. The number of phenols is 2. The molecule has 0 heterocycles. The van der Waals surface area contributed by atoms with Crippen molar-refractivity contribution in [2.45, 2.75) is 148 Å². The SMILES string of the molecule is CCCCCCCCCCCCC(Oc1cccc2c(S(C)(=O)=O)cccc12)C(=O)Nc1cc(O)c(NC(C)=O)cc1Cl.COc1ccc(Oc2cc(NC(C)=O)c(O)cc2NC(=O)C(Oc2cccc3c(C)cccc23)C2CCCCC2)cc1. The molecular weight excluding hydrogens is 1120 g/mol. The highest BCUT2D eigenvalue weighted by Crippen LogP contribution is 2.41. The van der Waals surface area contributed by atoms with Gasteiger partial charge in [0, 0.05) is 60.4 Å². The van der Waals surface area contributed by atoms with Crippen LogP contribution in [0.1, 0.15) is 129 Å². The number of carbonyl (C=O) groups excluding carboxylic acids is 4. The van der Waals surface area contributed by atoms with E-state index in [0.717, 1.165) is 80.4 Å². The molecule has 7 aromatic rings. The maximum Gasteiger partial charge on any atom is 0.265 e. The Hall–Kier alpha value is -8.02. The van der Waals surface area contributed by atoms with Crippen LogP contribution in [0.25, 0.3) is 21.5 Å². The van der Waals surface area contributed by atoms with Crippen molar-refractivity contribution < 1.29 is 56.8 Å². The van der Waals surface area contributed by atoms with E-state index in [1.807, 2.05) is 24.3 Å². The largest absolute Gasteiger partial charge is 0.506 e. The quantitative estimate of drug-likeness (QED) is 0.0220. The van der Waals surface area contributed by atoms with Crippen molar-refractivity contribution in [2.75, 3.05) is 34.6 Å². The highest BCUT2D eigenvalue weighted by Gasteiger charge is 2.33. The fraction of sp³-hybridized carbons (Fsp3) is 0.373. The maximum absolute atomic E-state index is 14.0. The van der Waals surface area contributed by atoms with Gasteiger partial charge in [0.15, 0.2) is 27.8 Å². The number of benzene rings is 7. The van der Waals surface area contributed by atoms with Gasteiger partial charge in [-0.1, -0.05) is 150 Å². The second kappa shape index (κ2) is 31.2. The van der Waals surface area contributed by atoms with Gasteiger partial charge >= 0.3 is 0 Å². The number of sulfone groups is 1. The van der Waals surface area contributed by atoms with Gasteiger partial charge in [-0.25, -0.2) is 8.42 Å². The van der Waals surface area contributed by atoms with Crippen LogP contribution in [0, 0.1) is 12.8 Å². The van der Waals surface area contributed by atoms with E-state index < -0.39 is 28.0 Å². The predicted octanol–water partition coefficient (Wildman–Crippen LogP) is 15.8. The third kappa shape index (κ3) is 18.5. The van der Waals surface area contributed by atoms with Gasteiger partial charge in [-0.15, -0.1) is 0 Å². The van der Waals surface area contributed by atoms with Crippen molar-refractivity contribution in [2.24, 2.45) is 5.92 Å². The number of hydrogen-bond donors (Lipinski definition) is 6. The van der Waals surface area contributed by atoms with Gasteiger partial charge in [0.2, 0.25) is 11.8 Å². The molecular formula is C67H79ClN4O12S. The number of nitrogens with one attached hydrogen (secondary N) is 4. The molecule has 8 rings (SSSR count). The van der Waals surface area contributed by atoms with Crippen LogP contribution in [0.15, 0.2) is 126 Å². The molecule has 6 N–H and O–H groups in total. The fourth-order valence-electron chi connectivity index (χ4n) is 10.5. The number of fused-ring (bicyclic) bond motifs is 2. The first-order valence-electron chi connectivity index (χ1n) is 29.2. The molecule has 1 saturated carbocycles. The summed E-state index contributed by atoms with van der Waals surface area (Å²) in [7, 11) is -1.91. The number of anilines is 4. The zero-order valence-electron chi connectivity index (χ0n) is 49.4. The molecule has 0 bridgehead atoms. The molecule has 85 heavy (non-hydrogen) atoms. The summed E-state index contributed by atoms with van der Waals surface area (Å²) in [6.07, 6.45) is 16.4. The van der Waals surface area contributed by atoms with Gasteiger partial charge in [0.25, 0.3) is 11.8 Å². The van der Waals surface area contributed by atoms with Crippen LogP contribution in [0.3, 0.4) is 0 Å². The minimum Gasteiger partial charge on any atom is -0.506 e. The molecule has 452 valence electrons. The van der Waals surface area contributed by atoms with E-state index in [2.05, 4.69) is 47.2 Å². The number of carbonyl (C=O) groups is 4. The number of methoxy groups -OCH3 is 1. The van der Waals surface area contributed by atoms with Crippen molar-refractivity contribution in [1.29, 1.82) is 0 Å². The molecule has 2 atom stereocenters. The Balaban J connectivity index is 0.000000244. The van der Waals surface area contributed by atoms with Crippen molar-refractivity contribution >= 4 is 89.4 Å². The van der Waals surface area contributed by atoms with Gasteiger partial charge in [-0.3, -0.25) is 19.2 Å². The summed E-state index contributed by atoms with van der Waals surface area (Å²) in [5.41, 5.74) is 1.85. The summed E-state index contributed by atoms with van der Waals surface area (Å²) in [6, 6.07) is 34.5. The molecule has 2 unspecified atom stereocenters. The van der Waals surface area contributed by atoms with E-state index in [1.165, 1.54) is 76.6 Å². The van der Waals surface area contributed by atoms with Crippen LogP contribution in [0.5, 0.6) is 40.2 Å². The van der Waals surface area contributed by atoms with E-state index in [0.29, 0.717) is 40.2 Å². The van der Waals surface area contributed by atoms with Crippen LogP contribution in [0.4, 0.5) is 22.7 Å². The molecule has 18 heteroatoms. The molecule has 0 aliphatic heterocycles. The number of aromatic hydroxyl groups is 2. The van der Waals surface area contributed by atoms with E-state index in [4.69, 9.17) is 30.5 Å². The lowest BCUT2D eigenvalue weighted by atomic mass is 9.84. The van der Waals surface area contributed by atoms with Crippen LogP contribution in [0.2, 0.25) is 5.02 Å². The first-order valence-corrected chi connectivity index (χ1v) is 31.5. The van der Waals surface area contributed by atoms with Crippen LogP contribution >= 0.6 is 11.6 Å². The van der Waals surface area contributed by atoms with Gasteiger partial charge in [0.05, 0.1) is 39.8 Å². The van der Waals surface area contributed by atoms with Crippen molar-refractivity contribution in [1.82, 2.24) is 0 Å². The molecule has 0 aromatic heterocycles. The van der Waals surface area contributed by atoms with E-state index in [9.17, 15) is 37.8 Å². The predicted molar refractivity (Wildman–Crippen MR) is 338 cm³/mol. The second-order valence-electron chi connectivity index (χ2n) is 21.7. The van der Waals surface area contributed by atoms with E-state index in [-0.39, 0.29) is 73.6 Å². The maximum atomic E-state index is 14.0. The smallest absolute Gasteiger partial charge is 0.265 e. The highest BCUT2D eigenvalue weighted by molar-refractivity contribution is 7.91. The Kier molecular flexibility index (Phi) is 23.7. The molecule has 0 saturated heterocycles. The zero-order valence-corrected chi connectivity index (χ0v) is 50.9.